The molecule has 182 valence electrons. The van der Waals surface area contributed by atoms with Crippen LogP contribution in [0.1, 0.15) is 17.5 Å². The summed E-state index contributed by atoms with van der Waals surface area (Å²) in [6, 6.07) is 24.5. The first kappa shape index (κ1) is 25.0. The van der Waals surface area contributed by atoms with E-state index in [1.165, 1.54) is 12.1 Å². The Balaban J connectivity index is 1.63. The third-order valence-corrected chi connectivity index (χ3v) is 6.01. The number of aliphatic hydroxyl groups is 1. The van der Waals surface area contributed by atoms with Crippen LogP contribution in [0.25, 0.3) is 33.4 Å². The highest BCUT2D eigenvalue weighted by Crippen LogP contribution is 2.32. The highest BCUT2D eigenvalue weighted by molar-refractivity contribution is 5.81. The van der Waals surface area contributed by atoms with E-state index in [1.54, 1.807) is 30.3 Å². The quantitative estimate of drug-likeness (QED) is 0.203. The Morgan fingerprint density at radius 1 is 0.778 bits per heavy atom. The highest BCUT2D eigenvalue weighted by Gasteiger charge is 2.14. The number of halogens is 2. The van der Waals surface area contributed by atoms with Crippen molar-refractivity contribution in [1.29, 1.82) is 0 Å². The number of benzene rings is 4. The molecule has 4 aromatic carbocycles. The Labute approximate surface area is 209 Å². The number of carbonyl (C=O) groups excluding carboxylic acids is 1. The highest BCUT2D eigenvalue weighted by atomic mass is 19.1. The molecule has 0 heterocycles. The van der Waals surface area contributed by atoms with Gasteiger partial charge in [-0.15, -0.1) is 0 Å². The van der Waals surface area contributed by atoms with E-state index in [0.29, 0.717) is 35.1 Å². The Kier molecular flexibility index (Phi) is 8.03. The van der Waals surface area contributed by atoms with Gasteiger partial charge < -0.3 is 9.84 Å². The van der Waals surface area contributed by atoms with Crippen LogP contribution in [0.3, 0.4) is 0 Å². The second-order valence-corrected chi connectivity index (χ2v) is 8.38. The van der Waals surface area contributed by atoms with Gasteiger partial charge in [-0.1, -0.05) is 73.3 Å². The van der Waals surface area contributed by atoms with Crippen LogP contribution in [0.15, 0.2) is 97.6 Å². The van der Waals surface area contributed by atoms with Gasteiger partial charge in [0, 0.05) is 23.8 Å². The normalized spacial score (nSPS) is 10.8. The standard InChI is InChI=1S/C31H26F2O3/c1-2-31(35)36-20-26-17-24(11-10-22(26)9-6-16-34)27-15-13-25(19-30(27)33)28-14-12-23(18-29(28)32)21-7-4-3-5-8-21/h2-5,7-8,10-15,17-19,34H,1,6,9,16,20H2. The number of aryl methyl sites for hydroxylation is 1. The SMILES string of the molecule is C=CC(=O)OCc1cc(-c2ccc(-c3ccc(-c4ccccc4)cc3F)cc2F)ccc1CCCO. The van der Waals surface area contributed by atoms with Crippen molar-refractivity contribution in [2.75, 3.05) is 6.61 Å². The van der Waals surface area contributed by atoms with Crippen molar-refractivity contribution in [2.24, 2.45) is 0 Å². The van der Waals surface area contributed by atoms with Crippen LogP contribution in [-0.2, 0) is 22.6 Å². The summed E-state index contributed by atoms with van der Waals surface area (Å²) >= 11 is 0. The number of rotatable bonds is 9. The molecule has 0 aromatic heterocycles. The zero-order valence-electron chi connectivity index (χ0n) is 19.7. The van der Waals surface area contributed by atoms with Gasteiger partial charge in [-0.05, 0) is 64.4 Å². The first-order chi connectivity index (χ1) is 17.5. The topological polar surface area (TPSA) is 46.5 Å². The molecule has 0 bridgehead atoms. The zero-order chi connectivity index (χ0) is 25.5. The lowest BCUT2D eigenvalue weighted by Crippen LogP contribution is -2.04. The van der Waals surface area contributed by atoms with Crippen LogP contribution in [-0.4, -0.2) is 17.7 Å². The summed E-state index contributed by atoms with van der Waals surface area (Å²) in [6.45, 7) is 3.44. The van der Waals surface area contributed by atoms with Gasteiger partial charge in [-0.25, -0.2) is 13.6 Å². The lowest BCUT2D eigenvalue weighted by atomic mass is 9.94. The summed E-state index contributed by atoms with van der Waals surface area (Å²) < 4.78 is 35.4. The molecule has 0 spiro atoms. The van der Waals surface area contributed by atoms with Gasteiger partial charge in [0.25, 0.3) is 0 Å². The van der Waals surface area contributed by atoms with E-state index >= 15 is 4.39 Å². The van der Waals surface area contributed by atoms with Crippen LogP contribution in [0.5, 0.6) is 0 Å². The Morgan fingerprint density at radius 3 is 2.03 bits per heavy atom. The Hall–Kier alpha value is -4.09. The molecule has 0 atom stereocenters. The number of carbonyl (C=O) groups is 1. The smallest absolute Gasteiger partial charge is 0.330 e. The van der Waals surface area contributed by atoms with Gasteiger partial charge in [0.05, 0.1) is 0 Å². The first-order valence-electron chi connectivity index (χ1n) is 11.7. The third kappa shape index (κ3) is 5.75. The fraction of sp³-hybridized carbons (Fsp3) is 0.129. The van der Waals surface area contributed by atoms with E-state index in [1.807, 2.05) is 42.5 Å². The number of hydrogen-bond acceptors (Lipinski definition) is 3. The molecule has 0 saturated heterocycles. The monoisotopic (exact) mass is 484 g/mol. The van der Waals surface area contributed by atoms with Crippen molar-refractivity contribution in [1.82, 2.24) is 0 Å². The molecule has 4 rings (SSSR count). The summed E-state index contributed by atoms with van der Waals surface area (Å²) in [7, 11) is 0. The zero-order valence-corrected chi connectivity index (χ0v) is 19.7. The fourth-order valence-corrected chi connectivity index (χ4v) is 4.13. The minimum absolute atomic E-state index is 0.0120. The number of aliphatic hydroxyl groups excluding tert-OH is 1. The molecule has 3 nitrogen and oxygen atoms in total. The van der Waals surface area contributed by atoms with Crippen molar-refractivity contribution >= 4 is 5.97 Å². The lowest BCUT2D eigenvalue weighted by Gasteiger charge is -2.13. The van der Waals surface area contributed by atoms with Gasteiger partial charge in [-0.2, -0.15) is 0 Å². The molecule has 0 aliphatic carbocycles. The molecular formula is C31H26F2O3. The third-order valence-electron chi connectivity index (χ3n) is 6.01. The summed E-state index contributed by atoms with van der Waals surface area (Å²) in [6.07, 6.45) is 2.23. The van der Waals surface area contributed by atoms with Crippen molar-refractivity contribution in [3.63, 3.8) is 0 Å². The summed E-state index contributed by atoms with van der Waals surface area (Å²) in [5, 5.41) is 9.18. The fourth-order valence-electron chi connectivity index (χ4n) is 4.13. The molecule has 0 amide bonds. The predicted octanol–water partition coefficient (Wildman–Crippen LogP) is 7.12. The number of hydrogen-bond donors (Lipinski definition) is 1. The largest absolute Gasteiger partial charge is 0.458 e. The summed E-state index contributed by atoms with van der Waals surface area (Å²) in [5.41, 5.74) is 5.00. The van der Waals surface area contributed by atoms with Gasteiger partial charge in [0.15, 0.2) is 0 Å². The Bertz CT molecular complexity index is 1380. The molecule has 0 aliphatic heterocycles. The maximum Gasteiger partial charge on any atom is 0.330 e. The molecule has 0 aliphatic rings. The van der Waals surface area contributed by atoms with Crippen molar-refractivity contribution in [3.05, 3.63) is 120 Å². The van der Waals surface area contributed by atoms with Crippen LogP contribution in [0.2, 0.25) is 0 Å². The average Bonchev–Trinajstić information content (AvgIpc) is 2.91. The molecular weight excluding hydrogens is 458 g/mol. The van der Waals surface area contributed by atoms with Gasteiger partial charge >= 0.3 is 5.97 Å². The second kappa shape index (κ2) is 11.6. The van der Waals surface area contributed by atoms with Crippen LogP contribution < -0.4 is 0 Å². The van der Waals surface area contributed by atoms with Gasteiger partial charge in [0.1, 0.15) is 18.2 Å². The van der Waals surface area contributed by atoms with E-state index in [-0.39, 0.29) is 13.2 Å². The van der Waals surface area contributed by atoms with Crippen LogP contribution >= 0.6 is 0 Å². The molecule has 5 heteroatoms. The lowest BCUT2D eigenvalue weighted by molar-refractivity contribution is -0.138. The predicted molar refractivity (Wildman–Crippen MR) is 138 cm³/mol. The van der Waals surface area contributed by atoms with Crippen molar-refractivity contribution in [3.8, 4) is 33.4 Å². The number of ether oxygens (including phenoxy) is 1. The van der Waals surface area contributed by atoms with E-state index in [0.717, 1.165) is 28.3 Å². The molecule has 0 saturated carbocycles. The molecule has 0 radical (unpaired) electrons. The molecule has 1 N–H and O–H groups in total. The minimum atomic E-state index is -0.552. The Morgan fingerprint density at radius 2 is 1.39 bits per heavy atom. The van der Waals surface area contributed by atoms with Crippen molar-refractivity contribution < 1.29 is 23.4 Å². The van der Waals surface area contributed by atoms with Gasteiger partial charge in [0.2, 0.25) is 0 Å². The minimum Gasteiger partial charge on any atom is -0.458 e. The molecule has 0 fully saturated rings. The molecule has 36 heavy (non-hydrogen) atoms. The average molecular weight is 485 g/mol. The summed E-state index contributed by atoms with van der Waals surface area (Å²) in [5.74, 6) is -1.47. The van der Waals surface area contributed by atoms with Crippen LogP contribution in [0, 0.1) is 11.6 Å². The van der Waals surface area contributed by atoms with E-state index < -0.39 is 17.6 Å². The first-order valence-corrected chi connectivity index (χ1v) is 11.7. The van der Waals surface area contributed by atoms with Crippen LogP contribution in [0.4, 0.5) is 8.78 Å². The maximum atomic E-state index is 15.2. The molecule has 0 unspecified atom stereocenters. The van der Waals surface area contributed by atoms with E-state index in [4.69, 9.17) is 4.74 Å². The molecule has 4 aromatic rings. The maximum absolute atomic E-state index is 15.2. The summed E-state index contributed by atoms with van der Waals surface area (Å²) in [4.78, 5) is 11.5. The second-order valence-electron chi connectivity index (χ2n) is 8.38. The number of esters is 1. The van der Waals surface area contributed by atoms with E-state index in [2.05, 4.69) is 6.58 Å². The van der Waals surface area contributed by atoms with Gasteiger partial charge in [-0.3, -0.25) is 0 Å². The van der Waals surface area contributed by atoms with Crippen molar-refractivity contribution in [2.45, 2.75) is 19.4 Å². The van der Waals surface area contributed by atoms with E-state index in [9.17, 15) is 14.3 Å².